The molecular weight excluding hydrogens is 236 g/mol. The normalized spacial score (nSPS) is 39.5. The number of carbonyl (C=O) groups excluding carboxylic acids is 1. The summed E-state index contributed by atoms with van der Waals surface area (Å²) in [5.41, 5.74) is 0.745. The second-order valence-corrected chi connectivity index (χ2v) is 7.98. The van der Waals surface area contributed by atoms with Crippen LogP contribution >= 0.6 is 0 Å². The Morgan fingerprint density at radius 1 is 1.21 bits per heavy atom. The predicted octanol–water partition coefficient (Wildman–Crippen LogP) is 2.32. The van der Waals surface area contributed by atoms with Crippen LogP contribution in [0.2, 0.25) is 0 Å². The Bertz CT molecular complexity index is 370. The standard InChI is InChI=1S/C16H28N2O/c1-15(2)12-6-7-16(3,8-12)14(15)18-10-13(19)17-9-11-4-5-11/h11-12,14,18H,4-10H2,1-3H3,(H,17,19). The summed E-state index contributed by atoms with van der Waals surface area (Å²) in [5.74, 6) is 1.78. The molecule has 3 rings (SSSR count). The van der Waals surface area contributed by atoms with Crippen molar-refractivity contribution in [2.75, 3.05) is 13.1 Å². The van der Waals surface area contributed by atoms with Crippen LogP contribution in [0.5, 0.6) is 0 Å². The number of hydrogen-bond acceptors (Lipinski definition) is 2. The van der Waals surface area contributed by atoms with Crippen molar-refractivity contribution in [1.82, 2.24) is 10.6 Å². The molecule has 0 aromatic carbocycles. The summed E-state index contributed by atoms with van der Waals surface area (Å²) in [4.78, 5) is 11.9. The van der Waals surface area contributed by atoms with Crippen LogP contribution in [0, 0.1) is 22.7 Å². The fourth-order valence-electron chi connectivity index (χ4n) is 4.65. The largest absolute Gasteiger partial charge is 0.355 e. The SMILES string of the molecule is CC12CCC(C1)C(C)(C)C2NCC(=O)NCC1CC1. The maximum absolute atomic E-state index is 11.9. The fraction of sp³-hybridized carbons (Fsp3) is 0.938. The highest BCUT2D eigenvalue weighted by Crippen LogP contribution is 2.62. The van der Waals surface area contributed by atoms with Crippen molar-refractivity contribution in [3.05, 3.63) is 0 Å². The number of amides is 1. The van der Waals surface area contributed by atoms with Gasteiger partial charge in [-0.25, -0.2) is 0 Å². The van der Waals surface area contributed by atoms with E-state index in [2.05, 4.69) is 31.4 Å². The van der Waals surface area contributed by atoms with E-state index >= 15 is 0 Å². The van der Waals surface area contributed by atoms with Crippen LogP contribution < -0.4 is 10.6 Å². The maximum atomic E-state index is 11.9. The van der Waals surface area contributed by atoms with Gasteiger partial charge in [0.15, 0.2) is 0 Å². The molecule has 2 N–H and O–H groups in total. The lowest BCUT2D eigenvalue weighted by Gasteiger charge is -2.43. The summed E-state index contributed by atoms with van der Waals surface area (Å²) < 4.78 is 0. The van der Waals surface area contributed by atoms with E-state index in [4.69, 9.17) is 0 Å². The third kappa shape index (κ3) is 2.42. The van der Waals surface area contributed by atoms with Gasteiger partial charge in [0.25, 0.3) is 0 Å². The number of carbonyl (C=O) groups is 1. The molecule has 0 heterocycles. The van der Waals surface area contributed by atoms with Gasteiger partial charge in [0, 0.05) is 12.6 Å². The van der Waals surface area contributed by atoms with Gasteiger partial charge < -0.3 is 10.6 Å². The maximum Gasteiger partial charge on any atom is 0.233 e. The van der Waals surface area contributed by atoms with E-state index in [1.165, 1.54) is 32.1 Å². The number of fused-ring (bicyclic) bond motifs is 2. The van der Waals surface area contributed by atoms with Crippen LogP contribution in [-0.4, -0.2) is 25.0 Å². The zero-order valence-electron chi connectivity index (χ0n) is 12.6. The van der Waals surface area contributed by atoms with Crippen LogP contribution in [0.3, 0.4) is 0 Å². The zero-order valence-corrected chi connectivity index (χ0v) is 12.6. The Labute approximate surface area is 116 Å². The van der Waals surface area contributed by atoms with E-state index in [9.17, 15) is 4.79 Å². The first kappa shape index (κ1) is 13.4. The molecule has 0 aliphatic heterocycles. The highest BCUT2D eigenvalue weighted by molar-refractivity contribution is 5.78. The third-order valence-corrected chi connectivity index (χ3v) is 6.02. The van der Waals surface area contributed by atoms with Gasteiger partial charge in [-0.1, -0.05) is 20.8 Å². The summed E-state index contributed by atoms with van der Waals surface area (Å²) in [7, 11) is 0. The van der Waals surface area contributed by atoms with E-state index in [0.717, 1.165) is 18.4 Å². The lowest BCUT2D eigenvalue weighted by Crippen LogP contribution is -2.52. The van der Waals surface area contributed by atoms with Crippen LogP contribution in [0.25, 0.3) is 0 Å². The van der Waals surface area contributed by atoms with E-state index in [1.54, 1.807) is 0 Å². The van der Waals surface area contributed by atoms with Crippen molar-refractivity contribution < 1.29 is 4.79 Å². The Kier molecular flexibility index (Phi) is 3.16. The Morgan fingerprint density at radius 3 is 2.53 bits per heavy atom. The minimum Gasteiger partial charge on any atom is -0.355 e. The average Bonchev–Trinajstić information content (AvgIpc) is 3.04. The molecule has 0 spiro atoms. The van der Waals surface area contributed by atoms with Crippen LogP contribution in [-0.2, 0) is 4.79 Å². The molecule has 3 aliphatic rings. The van der Waals surface area contributed by atoms with Crippen LogP contribution in [0.1, 0.15) is 52.9 Å². The number of nitrogens with one attached hydrogen (secondary N) is 2. The highest BCUT2D eigenvalue weighted by atomic mass is 16.1. The Morgan fingerprint density at radius 2 is 1.95 bits per heavy atom. The molecule has 0 radical (unpaired) electrons. The zero-order chi connectivity index (χ0) is 13.7. The van der Waals surface area contributed by atoms with Crippen molar-refractivity contribution >= 4 is 5.91 Å². The first-order valence-electron chi connectivity index (χ1n) is 7.92. The fourth-order valence-corrected chi connectivity index (χ4v) is 4.65. The quantitative estimate of drug-likeness (QED) is 0.800. The highest BCUT2D eigenvalue weighted by Gasteiger charge is 2.58. The molecule has 19 heavy (non-hydrogen) atoms. The van der Waals surface area contributed by atoms with Gasteiger partial charge in [0.2, 0.25) is 5.91 Å². The van der Waals surface area contributed by atoms with Gasteiger partial charge in [0.05, 0.1) is 6.54 Å². The molecule has 3 fully saturated rings. The van der Waals surface area contributed by atoms with Crippen molar-refractivity contribution in [3.8, 4) is 0 Å². The second kappa shape index (κ2) is 4.47. The molecule has 0 aromatic rings. The molecule has 3 nitrogen and oxygen atoms in total. The Hall–Kier alpha value is -0.570. The molecule has 1 amide bonds. The van der Waals surface area contributed by atoms with Crippen molar-refractivity contribution in [2.24, 2.45) is 22.7 Å². The molecule has 108 valence electrons. The molecular formula is C16H28N2O. The molecule has 3 heteroatoms. The summed E-state index contributed by atoms with van der Waals surface area (Å²) >= 11 is 0. The van der Waals surface area contributed by atoms with Crippen molar-refractivity contribution in [2.45, 2.75) is 58.9 Å². The smallest absolute Gasteiger partial charge is 0.233 e. The van der Waals surface area contributed by atoms with Crippen molar-refractivity contribution in [3.63, 3.8) is 0 Å². The van der Waals surface area contributed by atoms with Gasteiger partial charge in [0.1, 0.15) is 0 Å². The summed E-state index contributed by atoms with van der Waals surface area (Å²) in [6.45, 7) is 8.53. The summed E-state index contributed by atoms with van der Waals surface area (Å²) in [5, 5.41) is 6.63. The van der Waals surface area contributed by atoms with Gasteiger partial charge in [-0.3, -0.25) is 4.79 Å². The summed E-state index contributed by atoms with van der Waals surface area (Å²) in [6.07, 6.45) is 6.62. The molecule has 2 bridgehead atoms. The first-order chi connectivity index (χ1) is 8.92. The minimum atomic E-state index is 0.175. The molecule has 3 atom stereocenters. The lowest BCUT2D eigenvalue weighted by atomic mass is 9.68. The van der Waals surface area contributed by atoms with Gasteiger partial charge in [-0.2, -0.15) is 0 Å². The first-order valence-corrected chi connectivity index (χ1v) is 7.92. The van der Waals surface area contributed by atoms with Gasteiger partial charge in [-0.05, 0) is 54.8 Å². The minimum absolute atomic E-state index is 0.175. The number of hydrogen-bond donors (Lipinski definition) is 2. The lowest BCUT2D eigenvalue weighted by molar-refractivity contribution is -0.120. The number of rotatable bonds is 5. The van der Waals surface area contributed by atoms with Crippen LogP contribution in [0.4, 0.5) is 0 Å². The van der Waals surface area contributed by atoms with Gasteiger partial charge >= 0.3 is 0 Å². The topological polar surface area (TPSA) is 41.1 Å². The van der Waals surface area contributed by atoms with E-state index in [1.807, 2.05) is 0 Å². The predicted molar refractivity (Wildman–Crippen MR) is 76.8 cm³/mol. The van der Waals surface area contributed by atoms with E-state index in [-0.39, 0.29) is 5.91 Å². The Balaban J connectivity index is 1.52. The van der Waals surface area contributed by atoms with Crippen molar-refractivity contribution in [1.29, 1.82) is 0 Å². The summed E-state index contributed by atoms with van der Waals surface area (Å²) in [6, 6.07) is 0.491. The molecule has 3 aliphatic carbocycles. The van der Waals surface area contributed by atoms with Gasteiger partial charge in [-0.15, -0.1) is 0 Å². The second-order valence-electron chi connectivity index (χ2n) is 7.98. The average molecular weight is 264 g/mol. The molecule has 0 aromatic heterocycles. The van der Waals surface area contributed by atoms with E-state index < -0.39 is 0 Å². The van der Waals surface area contributed by atoms with Crippen LogP contribution in [0.15, 0.2) is 0 Å². The molecule has 3 unspecified atom stereocenters. The van der Waals surface area contributed by atoms with E-state index in [0.29, 0.717) is 23.4 Å². The molecule has 3 saturated carbocycles. The molecule has 0 saturated heterocycles. The monoisotopic (exact) mass is 264 g/mol. The third-order valence-electron chi connectivity index (χ3n) is 6.02.